The number of likely N-dealkylation sites (tertiary alicyclic amines) is 1. The second-order valence-electron chi connectivity index (χ2n) is 3.10. The molecule has 0 spiro atoms. The Balaban J connectivity index is 2.35. The molecule has 0 aromatic rings. The number of nitrogens with zero attached hydrogens (tertiary/aromatic N) is 1. The largest absolute Gasteiger partial charge is 0.393 e. The van der Waals surface area contributed by atoms with Gasteiger partial charge in [-0.15, -0.1) is 0 Å². The summed E-state index contributed by atoms with van der Waals surface area (Å²) in [6.07, 6.45) is 0.888. The fourth-order valence-corrected chi connectivity index (χ4v) is 1.34. The third-order valence-electron chi connectivity index (χ3n) is 2.06. The van der Waals surface area contributed by atoms with Crippen molar-refractivity contribution in [1.82, 2.24) is 4.90 Å². The lowest BCUT2D eigenvalue weighted by molar-refractivity contribution is 0.0451. The molecule has 2 heteroatoms. The highest BCUT2D eigenvalue weighted by Gasteiger charge is 2.21. The van der Waals surface area contributed by atoms with Crippen LogP contribution in [0.5, 0.6) is 0 Å². The summed E-state index contributed by atoms with van der Waals surface area (Å²) < 4.78 is 0. The lowest BCUT2D eigenvalue weighted by Crippen LogP contribution is -2.39. The highest BCUT2D eigenvalue weighted by molar-refractivity contribution is 4.74. The quantitative estimate of drug-likeness (QED) is 0.509. The van der Waals surface area contributed by atoms with Gasteiger partial charge in [-0.05, 0) is 19.4 Å². The van der Waals surface area contributed by atoms with Gasteiger partial charge in [0.1, 0.15) is 0 Å². The first-order chi connectivity index (χ1) is 4.20. The van der Waals surface area contributed by atoms with Gasteiger partial charge in [0.15, 0.2) is 0 Å². The number of aliphatic hydroxyl groups excluding tert-OH is 1. The van der Waals surface area contributed by atoms with Crippen molar-refractivity contribution >= 4 is 0 Å². The van der Waals surface area contributed by atoms with E-state index in [0.717, 1.165) is 19.5 Å². The van der Waals surface area contributed by atoms with Crippen LogP contribution in [-0.4, -0.2) is 36.2 Å². The summed E-state index contributed by atoms with van der Waals surface area (Å²) in [7, 11) is 2.10. The number of rotatable bonds is 0. The van der Waals surface area contributed by atoms with Crippen LogP contribution < -0.4 is 0 Å². The summed E-state index contributed by atoms with van der Waals surface area (Å²) in [4.78, 5) is 2.26. The monoisotopic (exact) mass is 129 g/mol. The Kier molecular flexibility index (Phi) is 2.09. The summed E-state index contributed by atoms with van der Waals surface area (Å²) in [6.45, 7) is 4.19. The molecule has 1 saturated heterocycles. The van der Waals surface area contributed by atoms with Crippen LogP contribution >= 0.6 is 0 Å². The summed E-state index contributed by atoms with van der Waals surface area (Å²) in [5.74, 6) is 0.462. The minimum atomic E-state index is -0.0544. The van der Waals surface area contributed by atoms with E-state index in [2.05, 4.69) is 18.9 Å². The molecule has 1 rings (SSSR count). The van der Waals surface area contributed by atoms with Crippen LogP contribution in [0, 0.1) is 5.92 Å². The van der Waals surface area contributed by atoms with E-state index in [0.29, 0.717) is 5.92 Å². The zero-order valence-electron chi connectivity index (χ0n) is 6.17. The highest BCUT2D eigenvalue weighted by Crippen LogP contribution is 2.14. The first-order valence-corrected chi connectivity index (χ1v) is 3.57. The number of hydrogen-bond donors (Lipinski definition) is 1. The molecule has 0 amide bonds. The molecule has 1 heterocycles. The van der Waals surface area contributed by atoms with Gasteiger partial charge in [-0.2, -0.15) is 0 Å². The summed E-state index contributed by atoms with van der Waals surface area (Å²) in [6, 6.07) is 0. The van der Waals surface area contributed by atoms with Gasteiger partial charge in [0.2, 0.25) is 0 Å². The van der Waals surface area contributed by atoms with Crippen LogP contribution in [0.15, 0.2) is 0 Å². The van der Waals surface area contributed by atoms with Crippen LogP contribution in [0.25, 0.3) is 0 Å². The van der Waals surface area contributed by atoms with Gasteiger partial charge in [0.05, 0.1) is 6.10 Å². The zero-order valence-corrected chi connectivity index (χ0v) is 6.17. The second-order valence-corrected chi connectivity index (χ2v) is 3.10. The van der Waals surface area contributed by atoms with E-state index in [4.69, 9.17) is 0 Å². The molecule has 54 valence electrons. The Morgan fingerprint density at radius 3 is 2.67 bits per heavy atom. The van der Waals surface area contributed by atoms with Gasteiger partial charge in [-0.25, -0.2) is 0 Å². The van der Waals surface area contributed by atoms with E-state index in [1.54, 1.807) is 0 Å². The SMILES string of the molecule is C[C@H]1CN(C)CC[C@@H]1O. The Bertz CT molecular complexity index is 94.9. The van der Waals surface area contributed by atoms with Gasteiger partial charge in [0.25, 0.3) is 0 Å². The van der Waals surface area contributed by atoms with Gasteiger partial charge in [-0.3, -0.25) is 0 Å². The molecule has 0 radical (unpaired) electrons. The Morgan fingerprint density at radius 1 is 1.56 bits per heavy atom. The summed E-state index contributed by atoms with van der Waals surface area (Å²) in [5, 5.41) is 9.27. The molecule has 0 aliphatic carbocycles. The lowest BCUT2D eigenvalue weighted by atomic mass is 9.97. The summed E-state index contributed by atoms with van der Waals surface area (Å²) >= 11 is 0. The Morgan fingerprint density at radius 2 is 2.22 bits per heavy atom. The predicted octanol–water partition coefficient (Wildman–Crippen LogP) is 0.319. The normalized spacial score (nSPS) is 39.0. The molecule has 1 fully saturated rings. The zero-order chi connectivity index (χ0) is 6.85. The maximum atomic E-state index is 9.27. The average Bonchev–Trinajstić information content (AvgIpc) is 1.80. The van der Waals surface area contributed by atoms with Gasteiger partial charge in [-0.1, -0.05) is 6.92 Å². The molecule has 0 aromatic heterocycles. The summed E-state index contributed by atoms with van der Waals surface area (Å²) in [5.41, 5.74) is 0. The maximum absolute atomic E-state index is 9.27. The van der Waals surface area contributed by atoms with Crippen LogP contribution in [-0.2, 0) is 0 Å². The molecule has 2 nitrogen and oxygen atoms in total. The number of aliphatic hydroxyl groups is 1. The van der Waals surface area contributed by atoms with Gasteiger partial charge in [0, 0.05) is 13.1 Å². The molecule has 1 N–H and O–H groups in total. The molecule has 1 aliphatic rings. The molecular formula is C7H15NO. The Labute approximate surface area is 56.5 Å². The molecule has 2 atom stereocenters. The smallest absolute Gasteiger partial charge is 0.0590 e. The highest BCUT2D eigenvalue weighted by atomic mass is 16.3. The minimum Gasteiger partial charge on any atom is -0.393 e. The van der Waals surface area contributed by atoms with Crippen molar-refractivity contribution in [2.45, 2.75) is 19.4 Å². The van der Waals surface area contributed by atoms with Crippen molar-refractivity contribution in [2.75, 3.05) is 20.1 Å². The third kappa shape index (κ3) is 1.66. The molecule has 1 aliphatic heterocycles. The van der Waals surface area contributed by atoms with Crippen LogP contribution in [0.4, 0.5) is 0 Å². The van der Waals surface area contributed by atoms with E-state index in [1.165, 1.54) is 0 Å². The molecular weight excluding hydrogens is 114 g/mol. The van der Waals surface area contributed by atoms with E-state index >= 15 is 0 Å². The van der Waals surface area contributed by atoms with Crippen LogP contribution in [0.1, 0.15) is 13.3 Å². The topological polar surface area (TPSA) is 23.5 Å². The minimum absolute atomic E-state index is 0.0544. The number of piperidine rings is 1. The van der Waals surface area contributed by atoms with Gasteiger partial charge < -0.3 is 10.0 Å². The van der Waals surface area contributed by atoms with Gasteiger partial charge >= 0.3 is 0 Å². The van der Waals surface area contributed by atoms with Crippen molar-refractivity contribution < 1.29 is 5.11 Å². The van der Waals surface area contributed by atoms with Crippen molar-refractivity contribution in [1.29, 1.82) is 0 Å². The Hall–Kier alpha value is -0.0800. The maximum Gasteiger partial charge on any atom is 0.0590 e. The molecule has 0 saturated carbocycles. The first-order valence-electron chi connectivity index (χ1n) is 3.57. The molecule has 9 heavy (non-hydrogen) atoms. The van der Waals surface area contributed by atoms with Crippen molar-refractivity contribution in [2.24, 2.45) is 5.92 Å². The average molecular weight is 129 g/mol. The lowest BCUT2D eigenvalue weighted by Gasteiger charge is -2.31. The van der Waals surface area contributed by atoms with E-state index in [-0.39, 0.29) is 6.10 Å². The van der Waals surface area contributed by atoms with E-state index in [9.17, 15) is 5.11 Å². The number of hydrogen-bond acceptors (Lipinski definition) is 2. The van der Waals surface area contributed by atoms with Crippen molar-refractivity contribution in [3.8, 4) is 0 Å². The standard InChI is InChI=1S/C7H15NO/c1-6-5-8(2)4-3-7(6)9/h6-7,9H,3-5H2,1-2H3/t6-,7-/m0/s1. The van der Waals surface area contributed by atoms with E-state index < -0.39 is 0 Å². The third-order valence-corrected chi connectivity index (χ3v) is 2.06. The fourth-order valence-electron chi connectivity index (χ4n) is 1.34. The van der Waals surface area contributed by atoms with Crippen LogP contribution in [0.3, 0.4) is 0 Å². The fraction of sp³-hybridized carbons (Fsp3) is 1.00. The predicted molar refractivity (Wildman–Crippen MR) is 37.3 cm³/mol. The van der Waals surface area contributed by atoms with Crippen molar-refractivity contribution in [3.05, 3.63) is 0 Å². The van der Waals surface area contributed by atoms with E-state index in [1.807, 2.05) is 0 Å². The molecule has 0 aromatic carbocycles. The van der Waals surface area contributed by atoms with Crippen LogP contribution in [0.2, 0.25) is 0 Å². The second kappa shape index (κ2) is 2.67. The van der Waals surface area contributed by atoms with Crippen molar-refractivity contribution in [3.63, 3.8) is 0 Å². The molecule has 0 unspecified atom stereocenters. The first kappa shape index (κ1) is 7.03. The molecule has 0 bridgehead atoms.